The van der Waals surface area contributed by atoms with Crippen molar-refractivity contribution >= 4 is 35.4 Å². The predicted octanol–water partition coefficient (Wildman–Crippen LogP) is 5.76. The first-order valence-electron chi connectivity index (χ1n) is 8.20. The largest absolute Gasteiger partial charge is 0.380 e. The lowest BCUT2D eigenvalue weighted by Crippen LogP contribution is -2.51. The summed E-state index contributed by atoms with van der Waals surface area (Å²) in [6.45, 7) is 1.36. The van der Waals surface area contributed by atoms with Crippen molar-refractivity contribution < 1.29 is 4.74 Å². The molecule has 120 valence electrons. The Kier molecular flexibility index (Phi) is 3.22. The van der Waals surface area contributed by atoms with Crippen LogP contribution < -0.4 is 0 Å². The van der Waals surface area contributed by atoms with E-state index in [1.165, 1.54) is 22.3 Å². The van der Waals surface area contributed by atoms with Crippen molar-refractivity contribution in [2.24, 2.45) is 5.41 Å². The maximum absolute atomic E-state index is 6.74. The van der Waals surface area contributed by atoms with Gasteiger partial charge in [-0.15, -0.1) is 0 Å². The zero-order valence-corrected chi connectivity index (χ0v) is 14.5. The van der Waals surface area contributed by atoms with E-state index in [1.807, 2.05) is 0 Å². The third-order valence-electron chi connectivity index (χ3n) is 5.64. The fourth-order valence-corrected chi connectivity index (χ4v) is 5.48. The van der Waals surface area contributed by atoms with Crippen LogP contribution in [-0.2, 0) is 4.74 Å². The lowest BCUT2D eigenvalue weighted by Gasteiger charge is -2.51. The SMILES string of the molecule is ClC1=Cc2ccccc2C1C1(C2C(Cl)=Cc3ccccc32)COC1. The second-order valence-corrected chi connectivity index (χ2v) is 7.78. The molecule has 2 unspecified atom stereocenters. The van der Waals surface area contributed by atoms with Crippen LogP contribution in [0.5, 0.6) is 0 Å². The van der Waals surface area contributed by atoms with E-state index in [1.54, 1.807) is 0 Å². The quantitative estimate of drug-likeness (QED) is 0.666. The summed E-state index contributed by atoms with van der Waals surface area (Å²) in [5.74, 6) is 0.282. The maximum Gasteiger partial charge on any atom is 0.0563 e. The summed E-state index contributed by atoms with van der Waals surface area (Å²) in [6.07, 6.45) is 4.19. The van der Waals surface area contributed by atoms with E-state index in [-0.39, 0.29) is 17.3 Å². The predicted molar refractivity (Wildman–Crippen MR) is 99.3 cm³/mol. The monoisotopic (exact) mass is 354 g/mol. The summed E-state index contributed by atoms with van der Waals surface area (Å²) >= 11 is 13.5. The summed E-state index contributed by atoms with van der Waals surface area (Å²) in [4.78, 5) is 0. The number of halogens is 2. The number of allylic oxidation sites excluding steroid dienone is 2. The Morgan fingerprint density at radius 3 is 1.62 bits per heavy atom. The molecule has 2 atom stereocenters. The number of ether oxygens (including phenoxy) is 1. The van der Waals surface area contributed by atoms with Gasteiger partial charge in [-0.1, -0.05) is 71.7 Å². The highest BCUT2D eigenvalue weighted by molar-refractivity contribution is 6.34. The van der Waals surface area contributed by atoms with E-state index in [0.717, 1.165) is 10.1 Å². The molecule has 2 aliphatic carbocycles. The Labute approximate surface area is 151 Å². The highest BCUT2D eigenvalue weighted by Crippen LogP contribution is 2.62. The molecule has 1 fully saturated rings. The number of benzene rings is 2. The van der Waals surface area contributed by atoms with Crippen LogP contribution in [0.25, 0.3) is 12.2 Å². The number of fused-ring (bicyclic) bond motifs is 2. The van der Waals surface area contributed by atoms with E-state index in [0.29, 0.717) is 13.2 Å². The normalized spacial score (nSPS) is 26.2. The zero-order chi connectivity index (χ0) is 16.3. The van der Waals surface area contributed by atoms with Crippen LogP contribution in [0, 0.1) is 5.41 Å². The van der Waals surface area contributed by atoms with Gasteiger partial charge in [0.15, 0.2) is 0 Å². The standard InChI is InChI=1S/C21H16Cl2O/c22-17-9-13-5-1-3-7-15(13)19(17)21(11-24-12-21)20-16-8-4-2-6-14(16)10-18(20)23/h1-10,19-20H,11-12H2. The molecule has 24 heavy (non-hydrogen) atoms. The van der Waals surface area contributed by atoms with Gasteiger partial charge in [0.2, 0.25) is 0 Å². The molecule has 0 amide bonds. The van der Waals surface area contributed by atoms with Crippen LogP contribution in [0.4, 0.5) is 0 Å². The smallest absolute Gasteiger partial charge is 0.0563 e. The van der Waals surface area contributed by atoms with Crippen LogP contribution in [0.15, 0.2) is 58.6 Å². The molecule has 5 rings (SSSR count). The van der Waals surface area contributed by atoms with Crippen molar-refractivity contribution in [2.75, 3.05) is 13.2 Å². The highest BCUT2D eigenvalue weighted by Gasteiger charge is 2.56. The Hall–Kier alpha value is -1.54. The zero-order valence-electron chi connectivity index (χ0n) is 13.0. The third-order valence-corrected chi connectivity index (χ3v) is 6.30. The van der Waals surface area contributed by atoms with E-state index in [4.69, 9.17) is 27.9 Å². The minimum absolute atomic E-state index is 0.111. The van der Waals surface area contributed by atoms with Crippen LogP contribution >= 0.6 is 23.2 Å². The molecule has 2 aromatic rings. The van der Waals surface area contributed by atoms with Crippen molar-refractivity contribution in [1.82, 2.24) is 0 Å². The van der Waals surface area contributed by atoms with E-state index in [9.17, 15) is 0 Å². The molecule has 0 N–H and O–H groups in total. The van der Waals surface area contributed by atoms with Gasteiger partial charge in [-0.3, -0.25) is 0 Å². The van der Waals surface area contributed by atoms with Gasteiger partial charge < -0.3 is 4.74 Å². The third kappa shape index (κ3) is 1.86. The van der Waals surface area contributed by atoms with Gasteiger partial charge in [0.25, 0.3) is 0 Å². The molecular formula is C21H16Cl2O. The minimum Gasteiger partial charge on any atom is -0.380 e. The maximum atomic E-state index is 6.74. The van der Waals surface area contributed by atoms with Crippen molar-refractivity contribution in [1.29, 1.82) is 0 Å². The number of hydrogen-bond acceptors (Lipinski definition) is 1. The summed E-state index contributed by atoms with van der Waals surface area (Å²) in [6, 6.07) is 16.9. The van der Waals surface area contributed by atoms with Gasteiger partial charge in [0.05, 0.1) is 13.2 Å². The van der Waals surface area contributed by atoms with Crippen LogP contribution in [0.1, 0.15) is 34.1 Å². The number of rotatable bonds is 2. The van der Waals surface area contributed by atoms with Crippen molar-refractivity contribution in [3.63, 3.8) is 0 Å². The highest BCUT2D eigenvalue weighted by atomic mass is 35.5. The molecule has 1 nitrogen and oxygen atoms in total. The molecular weight excluding hydrogens is 339 g/mol. The second-order valence-electron chi connectivity index (χ2n) is 6.91. The first-order chi connectivity index (χ1) is 11.7. The molecule has 3 heteroatoms. The summed E-state index contributed by atoms with van der Waals surface area (Å²) in [5.41, 5.74) is 4.90. The lowest BCUT2D eigenvalue weighted by atomic mass is 9.62. The Morgan fingerprint density at radius 2 is 1.21 bits per heavy atom. The van der Waals surface area contributed by atoms with Gasteiger partial charge in [-0.25, -0.2) is 0 Å². The summed E-state index contributed by atoms with van der Waals surface area (Å²) in [5, 5.41) is 1.79. The van der Waals surface area contributed by atoms with Gasteiger partial charge in [-0.05, 0) is 34.4 Å². The molecule has 0 aromatic heterocycles. The molecule has 1 heterocycles. The fraction of sp³-hybridized carbons (Fsp3) is 0.238. The van der Waals surface area contributed by atoms with Gasteiger partial charge in [0, 0.05) is 27.3 Å². The minimum atomic E-state index is -0.111. The Bertz CT molecular complexity index is 823. The van der Waals surface area contributed by atoms with Crippen LogP contribution in [-0.4, -0.2) is 13.2 Å². The number of hydrogen-bond donors (Lipinski definition) is 0. The van der Waals surface area contributed by atoms with Crippen molar-refractivity contribution in [3.8, 4) is 0 Å². The summed E-state index contributed by atoms with van der Waals surface area (Å²) in [7, 11) is 0. The average molecular weight is 355 g/mol. The topological polar surface area (TPSA) is 9.23 Å². The first-order valence-corrected chi connectivity index (χ1v) is 8.96. The molecule has 0 saturated carbocycles. The summed E-state index contributed by atoms with van der Waals surface area (Å²) < 4.78 is 5.72. The molecule has 2 aromatic carbocycles. The van der Waals surface area contributed by atoms with Gasteiger partial charge >= 0.3 is 0 Å². The molecule has 1 saturated heterocycles. The lowest BCUT2D eigenvalue weighted by molar-refractivity contribution is -0.129. The van der Waals surface area contributed by atoms with E-state index in [2.05, 4.69) is 60.7 Å². The molecule has 1 aliphatic heterocycles. The fourth-order valence-electron chi connectivity index (χ4n) is 4.58. The van der Waals surface area contributed by atoms with Crippen molar-refractivity contribution in [3.05, 3.63) is 80.8 Å². The molecule has 0 radical (unpaired) electrons. The average Bonchev–Trinajstić information content (AvgIpc) is 3.05. The first kappa shape index (κ1) is 14.8. The molecule has 0 spiro atoms. The van der Waals surface area contributed by atoms with Gasteiger partial charge in [0.1, 0.15) is 0 Å². The van der Waals surface area contributed by atoms with E-state index >= 15 is 0 Å². The Morgan fingerprint density at radius 1 is 0.750 bits per heavy atom. The van der Waals surface area contributed by atoms with E-state index < -0.39 is 0 Å². The van der Waals surface area contributed by atoms with Crippen molar-refractivity contribution in [2.45, 2.75) is 11.8 Å². The van der Waals surface area contributed by atoms with Crippen LogP contribution in [0.2, 0.25) is 0 Å². The molecule has 3 aliphatic rings. The second kappa shape index (κ2) is 5.23. The molecule has 0 bridgehead atoms. The van der Waals surface area contributed by atoms with Crippen LogP contribution in [0.3, 0.4) is 0 Å². The Balaban J connectivity index is 1.67. The van der Waals surface area contributed by atoms with Gasteiger partial charge in [-0.2, -0.15) is 0 Å².